The van der Waals surface area contributed by atoms with E-state index in [0.717, 1.165) is 69.9 Å². The minimum absolute atomic E-state index is 0.0643. The normalized spacial score (nSPS) is 18.3. The third-order valence-corrected chi connectivity index (χ3v) is 8.79. The van der Waals surface area contributed by atoms with Gasteiger partial charge >= 0.3 is 5.97 Å². The maximum Gasteiger partial charge on any atom is 0.340 e. The number of hydrogen-bond donors (Lipinski definition) is 1. The lowest BCUT2D eigenvalue weighted by Gasteiger charge is -2.33. The maximum absolute atomic E-state index is 13.9. The Morgan fingerprint density at radius 2 is 1.65 bits per heavy atom. The van der Waals surface area contributed by atoms with E-state index in [2.05, 4.69) is 91.9 Å². The second kappa shape index (κ2) is 11.6. The number of rotatable bonds is 9. The Bertz CT molecular complexity index is 1760. The van der Waals surface area contributed by atoms with Gasteiger partial charge in [0.05, 0.1) is 5.56 Å². The molecule has 0 fully saturated rings. The van der Waals surface area contributed by atoms with Gasteiger partial charge in [0, 0.05) is 57.3 Å². The highest BCUT2D eigenvalue weighted by Crippen LogP contribution is 2.53. The largest absolute Gasteiger partial charge is 0.475 e. The standard InChI is InChI=1S/C37H39N3O3/c1-6-39(7-2)26(5)42-28-22-20-27(21-23-28)37(34-25(4)40(8-3)33-19-12-11-15-30(33)34)35-29(32-18-10-9-13-24-38-32)16-14-17-31(35)36(41)43-37/h9-24,26,38H,6-8H2,1-5H3. The van der Waals surface area contributed by atoms with E-state index in [1.807, 2.05) is 54.8 Å². The van der Waals surface area contributed by atoms with Gasteiger partial charge < -0.3 is 19.4 Å². The van der Waals surface area contributed by atoms with Crippen LogP contribution < -0.4 is 10.1 Å². The summed E-state index contributed by atoms with van der Waals surface area (Å²) in [6, 6.07) is 22.4. The first-order valence-electron chi connectivity index (χ1n) is 15.2. The van der Waals surface area contributed by atoms with Crippen LogP contribution in [0.3, 0.4) is 0 Å². The molecule has 0 bridgehead atoms. The molecule has 3 aromatic carbocycles. The van der Waals surface area contributed by atoms with Crippen LogP contribution in [0.2, 0.25) is 0 Å². The molecule has 1 aromatic heterocycles. The third kappa shape index (κ3) is 4.66. The number of fused-ring (bicyclic) bond motifs is 2. The minimum atomic E-state index is -1.18. The Morgan fingerprint density at radius 3 is 2.40 bits per heavy atom. The Kier molecular flexibility index (Phi) is 7.72. The number of aryl methyl sites for hydroxylation is 1. The summed E-state index contributed by atoms with van der Waals surface area (Å²) < 4.78 is 15.3. The predicted octanol–water partition coefficient (Wildman–Crippen LogP) is 7.51. The summed E-state index contributed by atoms with van der Waals surface area (Å²) in [6.07, 6.45) is 9.82. The van der Waals surface area contributed by atoms with Crippen LogP contribution in [-0.4, -0.2) is 34.8 Å². The molecular weight excluding hydrogens is 534 g/mol. The quantitative estimate of drug-likeness (QED) is 0.166. The molecule has 2 aliphatic rings. The molecule has 0 radical (unpaired) electrons. The summed E-state index contributed by atoms with van der Waals surface area (Å²) in [6.45, 7) is 13.2. The van der Waals surface area contributed by atoms with Gasteiger partial charge in [0.2, 0.25) is 0 Å². The highest BCUT2D eigenvalue weighted by atomic mass is 16.6. The van der Waals surface area contributed by atoms with E-state index in [1.54, 1.807) is 0 Å². The van der Waals surface area contributed by atoms with Crippen molar-refractivity contribution in [1.29, 1.82) is 0 Å². The maximum atomic E-state index is 13.9. The summed E-state index contributed by atoms with van der Waals surface area (Å²) in [4.78, 5) is 16.1. The van der Waals surface area contributed by atoms with Gasteiger partial charge in [-0.25, -0.2) is 4.79 Å². The van der Waals surface area contributed by atoms with Crippen LogP contribution in [0.4, 0.5) is 0 Å². The molecule has 0 saturated heterocycles. The van der Waals surface area contributed by atoms with E-state index < -0.39 is 5.60 Å². The summed E-state index contributed by atoms with van der Waals surface area (Å²) in [5, 5.41) is 4.49. The molecule has 6 rings (SSSR count). The summed E-state index contributed by atoms with van der Waals surface area (Å²) >= 11 is 0. The number of carbonyl (C=O) groups is 1. The van der Waals surface area contributed by atoms with Gasteiger partial charge in [-0.1, -0.05) is 68.5 Å². The van der Waals surface area contributed by atoms with Crippen LogP contribution in [0.25, 0.3) is 16.6 Å². The molecule has 0 aliphatic carbocycles. The topological polar surface area (TPSA) is 55.7 Å². The molecule has 6 nitrogen and oxygen atoms in total. The lowest BCUT2D eigenvalue weighted by molar-refractivity contribution is 0.0252. The lowest BCUT2D eigenvalue weighted by atomic mass is 9.76. The molecule has 4 aromatic rings. The fraction of sp³-hybridized carbons (Fsp3) is 0.270. The third-order valence-electron chi connectivity index (χ3n) is 8.79. The minimum Gasteiger partial charge on any atom is -0.475 e. The van der Waals surface area contributed by atoms with E-state index >= 15 is 0 Å². The SMILES string of the molecule is CCN(CC)C(C)Oc1ccc(C2(c3c(C)n(CC)c4ccccc34)OC(=O)c3cccc(C4=CC=CC=CN4)c32)cc1. The highest BCUT2D eigenvalue weighted by molar-refractivity contribution is 6.00. The molecule has 2 unspecified atom stereocenters. The summed E-state index contributed by atoms with van der Waals surface area (Å²) in [5.41, 5.74) is 6.08. The molecule has 2 aliphatic heterocycles. The molecule has 43 heavy (non-hydrogen) atoms. The number of aromatic nitrogens is 1. The first kappa shape index (κ1) is 28.6. The fourth-order valence-electron chi connectivity index (χ4n) is 6.78. The monoisotopic (exact) mass is 573 g/mol. The second-order valence-corrected chi connectivity index (χ2v) is 11.0. The van der Waals surface area contributed by atoms with Gasteiger partial charge in [-0.3, -0.25) is 4.90 Å². The zero-order chi connectivity index (χ0) is 30.1. The van der Waals surface area contributed by atoms with Crippen molar-refractivity contribution in [3.63, 3.8) is 0 Å². The number of carbonyl (C=O) groups excluding carboxylic acids is 1. The van der Waals surface area contributed by atoms with E-state index in [-0.39, 0.29) is 12.2 Å². The van der Waals surface area contributed by atoms with E-state index in [9.17, 15) is 4.79 Å². The second-order valence-electron chi connectivity index (χ2n) is 11.0. The highest BCUT2D eigenvalue weighted by Gasteiger charge is 2.52. The number of benzene rings is 3. The zero-order valence-electron chi connectivity index (χ0n) is 25.6. The molecule has 1 N–H and O–H groups in total. The molecule has 2 atom stereocenters. The van der Waals surface area contributed by atoms with E-state index in [0.29, 0.717) is 5.56 Å². The summed E-state index contributed by atoms with van der Waals surface area (Å²) in [7, 11) is 0. The molecule has 3 heterocycles. The number of hydrogen-bond acceptors (Lipinski definition) is 5. The van der Waals surface area contributed by atoms with Crippen LogP contribution in [0, 0.1) is 6.92 Å². The van der Waals surface area contributed by atoms with E-state index in [1.165, 1.54) is 0 Å². The zero-order valence-corrected chi connectivity index (χ0v) is 25.6. The number of ether oxygens (including phenoxy) is 2. The van der Waals surface area contributed by atoms with Gasteiger partial charge in [0.15, 0.2) is 5.60 Å². The van der Waals surface area contributed by atoms with Crippen molar-refractivity contribution in [2.75, 3.05) is 13.1 Å². The van der Waals surface area contributed by atoms with Gasteiger partial charge in [-0.2, -0.15) is 0 Å². The van der Waals surface area contributed by atoms with Crippen LogP contribution in [0.1, 0.15) is 66.0 Å². The Morgan fingerprint density at radius 1 is 0.907 bits per heavy atom. The average Bonchev–Trinajstić information content (AvgIpc) is 3.31. The molecular formula is C37H39N3O3. The van der Waals surface area contributed by atoms with Crippen LogP contribution >= 0.6 is 0 Å². The summed E-state index contributed by atoms with van der Waals surface area (Å²) in [5.74, 6) is 0.438. The number of nitrogens with one attached hydrogen (secondary N) is 1. The van der Waals surface area contributed by atoms with Crippen molar-refractivity contribution in [2.45, 2.75) is 53.0 Å². The molecule has 0 saturated carbocycles. The molecule has 6 heteroatoms. The first-order valence-corrected chi connectivity index (χ1v) is 15.2. The van der Waals surface area contributed by atoms with Gasteiger partial charge in [0.1, 0.15) is 12.0 Å². The van der Waals surface area contributed by atoms with Gasteiger partial charge in [0.25, 0.3) is 0 Å². The van der Waals surface area contributed by atoms with Crippen LogP contribution in [-0.2, 0) is 16.9 Å². The van der Waals surface area contributed by atoms with Gasteiger partial charge in [-0.05, 0) is 70.3 Å². The number of para-hydroxylation sites is 1. The number of nitrogens with zero attached hydrogens (tertiary/aromatic N) is 2. The first-order chi connectivity index (χ1) is 20.9. The smallest absolute Gasteiger partial charge is 0.340 e. The molecule has 220 valence electrons. The van der Waals surface area contributed by atoms with Crippen molar-refractivity contribution in [3.8, 4) is 5.75 Å². The molecule has 0 amide bonds. The lowest BCUT2D eigenvalue weighted by Crippen LogP contribution is -2.36. The Labute approximate surface area is 253 Å². The van der Waals surface area contributed by atoms with Crippen molar-refractivity contribution < 1.29 is 14.3 Å². The van der Waals surface area contributed by atoms with Crippen molar-refractivity contribution in [1.82, 2.24) is 14.8 Å². The average molecular weight is 574 g/mol. The Hall–Kier alpha value is -4.55. The Balaban J connectivity index is 1.62. The van der Waals surface area contributed by atoms with Crippen molar-refractivity contribution >= 4 is 22.6 Å². The van der Waals surface area contributed by atoms with Crippen LogP contribution in [0.15, 0.2) is 97.2 Å². The van der Waals surface area contributed by atoms with Gasteiger partial charge in [-0.15, -0.1) is 0 Å². The molecule has 0 spiro atoms. The number of allylic oxidation sites excluding steroid dienone is 4. The van der Waals surface area contributed by atoms with Crippen molar-refractivity contribution in [3.05, 3.63) is 131 Å². The van der Waals surface area contributed by atoms with E-state index in [4.69, 9.17) is 9.47 Å². The predicted molar refractivity (Wildman–Crippen MR) is 173 cm³/mol. The fourth-order valence-corrected chi connectivity index (χ4v) is 6.78. The van der Waals surface area contributed by atoms with Crippen molar-refractivity contribution in [2.24, 2.45) is 0 Å². The number of cyclic esters (lactones) is 1. The number of esters is 1. The van der Waals surface area contributed by atoms with Crippen LogP contribution in [0.5, 0.6) is 5.75 Å².